The highest BCUT2D eigenvalue weighted by molar-refractivity contribution is 6.05. The number of amides is 1. The second-order valence-electron chi connectivity index (χ2n) is 4.30. The first-order valence-electron chi connectivity index (χ1n) is 6.01. The number of non-ortho nitro benzene ring substituents is 1. The van der Waals surface area contributed by atoms with Crippen molar-refractivity contribution in [2.24, 2.45) is 0 Å². The number of nitro groups is 1. The van der Waals surface area contributed by atoms with Crippen LogP contribution in [0.4, 0.5) is 24.5 Å². The van der Waals surface area contributed by atoms with E-state index in [0.29, 0.717) is 0 Å². The molecule has 1 amide bonds. The predicted octanol–water partition coefficient (Wildman–Crippen LogP) is 3.87. The molecular formula is C14H9F3N2O3. The predicted molar refractivity (Wildman–Crippen MR) is 72.5 cm³/mol. The maximum Gasteiger partial charge on any atom is 0.417 e. The topological polar surface area (TPSA) is 72.2 Å². The zero-order valence-corrected chi connectivity index (χ0v) is 10.9. The third-order valence-electron chi connectivity index (χ3n) is 2.79. The Labute approximate surface area is 122 Å². The van der Waals surface area contributed by atoms with E-state index >= 15 is 0 Å². The first kappa shape index (κ1) is 15.5. The summed E-state index contributed by atoms with van der Waals surface area (Å²) < 4.78 is 38.5. The summed E-state index contributed by atoms with van der Waals surface area (Å²) in [6, 6.07) is 9.25. The third-order valence-corrected chi connectivity index (χ3v) is 2.79. The number of alkyl halides is 3. The van der Waals surface area contributed by atoms with Gasteiger partial charge in [-0.15, -0.1) is 0 Å². The molecule has 2 aromatic carbocycles. The first-order chi connectivity index (χ1) is 10.3. The summed E-state index contributed by atoms with van der Waals surface area (Å²) in [5.41, 5.74) is -1.86. The van der Waals surface area contributed by atoms with E-state index in [9.17, 15) is 28.1 Å². The maximum absolute atomic E-state index is 12.8. The summed E-state index contributed by atoms with van der Waals surface area (Å²) in [6.07, 6.45) is -4.67. The van der Waals surface area contributed by atoms with Crippen molar-refractivity contribution in [3.8, 4) is 0 Å². The van der Waals surface area contributed by atoms with Crippen LogP contribution in [0.1, 0.15) is 15.9 Å². The molecule has 8 heteroatoms. The molecule has 5 nitrogen and oxygen atoms in total. The normalized spacial score (nSPS) is 11.0. The van der Waals surface area contributed by atoms with Crippen molar-refractivity contribution >= 4 is 17.3 Å². The minimum atomic E-state index is -4.67. The average molecular weight is 310 g/mol. The maximum atomic E-state index is 12.8. The van der Waals surface area contributed by atoms with Gasteiger partial charge in [-0.1, -0.05) is 18.2 Å². The van der Waals surface area contributed by atoms with Gasteiger partial charge in [0.15, 0.2) is 0 Å². The molecule has 0 aliphatic heterocycles. The fourth-order valence-electron chi connectivity index (χ4n) is 1.82. The molecule has 22 heavy (non-hydrogen) atoms. The number of nitrogens with zero attached hydrogens (tertiary/aromatic N) is 1. The number of nitrogens with one attached hydrogen (secondary N) is 1. The molecule has 0 saturated heterocycles. The lowest BCUT2D eigenvalue weighted by Crippen LogP contribution is -2.18. The Morgan fingerprint density at radius 3 is 2.41 bits per heavy atom. The molecule has 0 aromatic heterocycles. The van der Waals surface area contributed by atoms with Gasteiger partial charge in [0.2, 0.25) is 0 Å². The van der Waals surface area contributed by atoms with Gasteiger partial charge in [0, 0.05) is 17.8 Å². The smallest absolute Gasteiger partial charge is 0.322 e. The van der Waals surface area contributed by atoms with Gasteiger partial charge < -0.3 is 5.32 Å². The van der Waals surface area contributed by atoms with Gasteiger partial charge in [-0.25, -0.2) is 0 Å². The lowest BCUT2D eigenvalue weighted by atomic mass is 10.1. The Morgan fingerprint density at radius 2 is 1.77 bits per heavy atom. The summed E-state index contributed by atoms with van der Waals surface area (Å²) in [5.74, 6) is -0.992. The molecule has 0 unspecified atom stereocenters. The minimum absolute atomic E-state index is 0.0381. The molecule has 0 aliphatic rings. The molecule has 2 aromatic rings. The molecule has 0 atom stereocenters. The number of halogens is 3. The van der Waals surface area contributed by atoms with Crippen molar-refractivity contribution in [2.45, 2.75) is 6.18 Å². The number of anilines is 1. The second kappa shape index (κ2) is 5.84. The van der Waals surface area contributed by atoms with Crippen molar-refractivity contribution in [3.05, 3.63) is 69.8 Å². The van der Waals surface area contributed by atoms with Crippen molar-refractivity contribution < 1.29 is 22.9 Å². The first-order valence-corrected chi connectivity index (χ1v) is 6.01. The van der Waals surface area contributed by atoms with E-state index in [2.05, 4.69) is 5.32 Å². The molecule has 1 N–H and O–H groups in total. The Bertz CT molecular complexity index is 729. The fraction of sp³-hybridized carbons (Fsp3) is 0.0714. The summed E-state index contributed by atoms with van der Waals surface area (Å²) in [6.45, 7) is 0. The number of rotatable bonds is 3. The van der Waals surface area contributed by atoms with E-state index in [1.807, 2.05) is 0 Å². The quantitative estimate of drug-likeness (QED) is 0.691. The van der Waals surface area contributed by atoms with Crippen molar-refractivity contribution in [1.82, 2.24) is 0 Å². The van der Waals surface area contributed by atoms with Crippen LogP contribution < -0.4 is 5.32 Å². The highest BCUT2D eigenvalue weighted by Gasteiger charge is 2.34. The van der Waals surface area contributed by atoms with E-state index in [-0.39, 0.29) is 11.4 Å². The highest BCUT2D eigenvalue weighted by atomic mass is 19.4. The van der Waals surface area contributed by atoms with Gasteiger partial charge in [-0.3, -0.25) is 14.9 Å². The van der Waals surface area contributed by atoms with Crippen molar-refractivity contribution in [1.29, 1.82) is 0 Å². The molecule has 0 aliphatic carbocycles. The number of benzene rings is 2. The lowest BCUT2D eigenvalue weighted by Gasteiger charge is -2.12. The summed E-state index contributed by atoms with van der Waals surface area (Å²) in [4.78, 5) is 22.0. The molecule has 0 radical (unpaired) electrons. The fourth-order valence-corrected chi connectivity index (χ4v) is 1.82. The van der Waals surface area contributed by atoms with Crippen LogP contribution in [-0.2, 0) is 6.18 Å². The SMILES string of the molecule is O=C(Nc1cccc([N+](=O)[O-])c1)c1ccccc1C(F)(F)F. The molecule has 0 saturated carbocycles. The van der Waals surface area contributed by atoms with Crippen LogP contribution >= 0.6 is 0 Å². The van der Waals surface area contributed by atoms with Crippen molar-refractivity contribution in [3.63, 3.8) is 0 Å². The minimum Gasteiger partial charge on any atom is -0.322 e. The van der Waals surface area contributed by atoms with Crippen LogP contribution in [0.3, 0.4) is 0 Å². The number of hydrogen-bond donors (Lipinski definition) is 1. The van der Waals surface area contributed by atoms with E-state index in [1.54, 1.807) is 0 Å². The monoisotopic (exact) mass is 310 g/mol. The molecule has 2 rings (SSSR count). The van der Waals surface area contributed by atoms with Crippen LogP contribution in [0, 0.1) is 10.1 Å². The standard InChI is InChI=1S/C14H9F3N2O3/c15-14(16,17)12-7-2-1-6-11(12)13(20)18-9-4-3-5-10(8-9)19(21)22/h1-8H,(H,18,20). The number of hydrogen-bond acceptors (Lipinski definition) is 3. The van der Waals surface area contributed by atoms with Gasteiger partial charge >= 0.3 is 6.18 Å². The summed E-state index contributed by atoms with van der Waals surface area (Å²) in [5, 5.41) is 12.9. The van der Waals surface area contributed by atoms with Gasteiger partial charge in [-0.05, 0) is 18.2 Å². The van der Waals surface area contributed by atoms with Crippen LogP contribution in [0.5, 0.6) is 0 Å². The second-order valence-corrected chi connectivity index (χ2v) is 4.30. The van der Waals surface area contributed by atoms with E-state index in [4.69, 9.17) is 0 Å². The van der Waals surface area contributed by atoms with E-state index in [0.717, 1.165) is 18.2 Å². The Kier molecular flexibility index (Phi) is 4.11. The molecule has 0 fully saturated rings. The number of carbonyl (C=O) groups excluding carboxylic acids is 1. The molecule has 0 spiro atoms. The van der Waals surface area contributed by atoms with E-state index in [1.165, 1.54) is 30.3 Å². The Balaban J connectivity index is 2.31. The lowest BCUT2D eigenvalue weighted by molar-refractivity contribution is -0.384. The van der Waals surface area contributed by atoms with E-state index < -0.39 is 28.1 Å². The highest BCUT2D eigenvalue weighted by Crippen LogP contribution is 2.32. The largest absolute Gasteiger partial charge is 0.417 e. The molecule has 114 valence electrons. The zero-order valence-electron chi connectivity index (χ0n) is 10.9. The van der Waals surface area contributed by atoms with Crippen LogP contribution in [-0.4, -0.2) is 10.8 Å². The zero-order chi connectivity index (χ0) is 16.3. The molecule has 0 bridgehead atoms. The number of nitro benzene ring substituents is 1. The van der Waals surface area contributed by atoms with Crippen LogP contribution in [0.15, 0.2) is 48.5 Å². The summed E-state index contributed by atoms with van der Waals surface area (Å²) in [7, 11) is 0. The number of carbonyl (C=O) groups is 1. The van der Waals surface area contributed by atoms with Gasteiger partial charge in [-0.2, -0.15) is 13.2 Å². The Hall–Kier alpha value is -2.90. The molecular weight excluding hydrogens is 301 g/mol. The van der Waals surface area contributed by atoms with Crippen LogP contribution in [0.2, 0.25) is 0 Å². The third kappa shape index (κ3) is 3.40. The Morgan fingerprint density at radius 1 is 1.09 bits per heavy atom. The average Bonchev–Trinajstić information content (AvgIpc) is 2.46. The summed E-state index contributed by atoms with van der Waals surface area (Å²) >= 11 is 0. The molecule has 0 heterocycles. The van der Waals surface area contributed by atoms with Gasteiger partial charge in [0.05, 0.1) is 16.1 Å². The van der Waals surface area contributed by atoms with Crippen LogP contribution in [0.25, 0.3) is 0 Å². The van der Waals surface area contributed by atoms with Crippen molar-refractivity contribution in [2.75, 3.05) is 5.32 Å². The van der Waals surface area contributed by atoms with Gasteiger partial charge in [0.25, 0.3) is 11.6 Å². The van der Waals surface area contributed by atoms with Gasteiger partial charge in [0.1, 0.15) is 0 Å².